The number of hydrogen-bond donors (Lipinski definition) is 1. The second kappa shape index (κ2) is 9.57. The first-order valence-electron chi connectivity index (χ1n) is 10.9. The van der Waals surface area contributed by atoms with E-state index in [0.717, 1.165) is 29.8 Å². The van der Waals surface area contributed by atoms with Gasteiger partial charge in [-0.25, -0.2) is 4.98 Å². The molecule has 1 heterocycles. The van der Waals surface area contributed by atoms with Crippen molar-refractivity contribution >= 4 is 29.4 Å². The van der Waals surface area contributed by atoms with Crippen LogP contribution in [0, 0.1) is 11.8 Å². The lowest BCUT2D eigenvalue weighted by Gasteiger charge is -2.24. The Bertz CT molecular complexity index is 1110. The zero-order chi connectivity index (χ0) is 22.7. The Hall–Kier alpha value is -3.12. The first kappa shape index (κ1) is 22.1. The van der Waals surface area contributed by atoms with Crippen molar-refractivity contribution in [1.29, 1.82) is 0 Å². The van der Waals surface area contributed by atoms with E-state index < -0.39 is 0 Å². The highest BCUT2D eigenvalue weighted by Crippen LogP contribution is 2.31. The van der Waals surface area contributed by atoms with Crippen molar-refractivity contribution in [2.24, 2.45) is 11.8 Å². The van der Waals surface area contributed by atoms with E-state index in [4.69, 9.17) is 11.6 Å². The van der Waals surface area contributed by atoms with E-state index in [-0.39, 0.29) is 30.2 Å². The summed E-state index contributed by atoms with van der Waals surface area (Å²) in [6, 6.07) is 17.1. The van der Waals surface area contributed by atoms with Crippen molar-refractivity contribution in [3.63, 3.8) is 0 Å². The van der Waals surface area contributed by atoms with Crippen LogP contribution in [0.3, 0.4) is 0 Å². The number of hydrogen-bond acceptors (Lipinski definition) is 3. The molecule has 1 aromatic heterocycles. The third-order valence-corrected chi connectivity index (χ3v) is 5.51. The van der Waals surface area contributed by atoms with Crippen LogP contribution >= 0.6 is 11.6 Å². The van der Waals surface area contributed by atoms with Gasteiger partial charge in [0.1, 0.15) is 0 Å². The number of carbonyl (C=O) groups excluding carboxylic acids is 2. The highest BCUT2D eigenvalue weighted by atomic mass is 35.5. The maximum absolute atomic E-state index is 13.0. The van der Waals surface area contributed by atoms with Gasteiger partial charge in [-0.1, -0.05) is 61.8 Å². The number of imidazole rings is 1. The second-order valence-electron chi connectivity index (χ2n) is 8.60. The lowest BCUT2D eigenvalue weighted by Crippen LogP contribution is -2.41. The van der Waals surface area contributed by atoms with Crippen LogP contribution < -0.4 is 5.32 Å². The van der Waals surface area contributed by atoms with Crippen LogP contribution in [0.25, 0.3) is 16.9 Å². The molecule has 0 atom stereocenters. The number of anilines is 1. The van der Waals surface area contributed by atoms with E-state index in [1.165, 1.54) is 0 Å². The summed E-state index contributed by atoms with van der Waals surface area (Å²) in [6.07, 6.45) is 3.70. The van der Waals surface area contributed by atoms with Crippen molar-refractivity contribution in [3.8, 4) is 16.9 Å². The fourth-order valence-electron chi connectivity index (χ4n) is 3.64. The molecule has 1 N–H and O–H groups in total. The SMILES string of the molecule is CC(C)CN(CC(=O)Nc1nc(-c2ccccc2)cn1-c1cccc(Cl)c1)C(=O)C1CC1. The Morgan fingerprint density at radius 2 is 1.91 bits per heavy atom. The molecular weight excluding hydrogens is 424 g/mol. The maximum atomic E-state index is 13.0. The van der Waals surface area contributed by atoms with E-state index >= 15 is 0 Å². The molecule has 4 rings (SSSR count). The number of rotatable bonds is 8. The summed E-state index contributed by atoms with van der Waals surface area (Å²) in [7, 11) is 0. The number of nitrogens with one attached hydrogen (secondary N) is 1. The zero-order valence-electron chi connectivity index (χ0n) is 18.3. The Balaban J connectivity index is 1.60. The quantitative estimate of drug-likeness (QED) is 0.523. The molecule has 0 unspecified atom stereocenters. The summed E-state index contributed by atoms with van der Waals surface area (Å²) in [6.45, 7) is 4.66. The van der Waals surface area contributed by atoms with Gasteiger partial charge in [0.15, 0.2) is 0 Å². The van der Waals surface area contributed by atoms with Gasteiger partial charge < -0.3 is 4.90 Å². The van der Waals surface area contributed by atoms with Gasteiger partial charge in [0.25, 0.3) is 0 Å². The molecule has 1 aliphatic rings. The standard InChI is InChI=1S/C25H27ClN4O2/c1-17(2)14-29(24(32)19-11-12-19)16-23(31)28-25-27-22(18-7-4-3-5-8-18)15-30(25)21-10-6-9-20(26)13-21/h3-10,13,15,17,19H,11-12,14,16H2,1-2H3,(H,27,28,31). The van der Waals surface area contributed by atoms with E-state index in [1.54, 1.807) is 11.0 Å². The smallest absolute Gasteiger partial charge is 0.246 e. The van der Waals surface area contributed by atoms with Crippen molar-refractivity contribution < 1.29 is 9.59 Å². The number of nitrogens with zero attached hydrogens (tertiary/aromatic N) is 3. The van der Waals surface area contributed by atoms with Crippen LogP contribution in [0.4, 0.5) is 5.95 Å². The van der Waals surface area contributed by atoms with E-state index in [9.17, 15) is 9.59 Å². The summed E-state index contributed by atoms with van der Waals surface area (Å²) in [5.41, 5.74) is 2.46. The summed E-state index contributed by atoms with van der Waals surface area (Å²) in [5, 5.41) is 3.50. The summed E-state index contributed by atoms with van der Waals surface area (Å²) >= 11 is 6.20. The van der Waals surface area contributed by atoms with E-state index in [2.05, 4.69) is 10.3 Å². The van der Waals surface area contributed by atoms with Crippen LogP contribution in [-0.4, -0.2) is 39.4 Å². The second-order valence-corrected chi connectivity index (χ2v) is 9.04. The Morgan fingerprint density at radius 3 is 2.56 bits per heavy atom. The average molecular weight is 451 g/mol. The minimum absolute atomic E-state index is 0.0105. The topological polar surface area (TPSA) is 67.2 Å². The lowest BCUT2D eigenvalue weighted by molar-refractivity contribution is -0.136. The van der Waals surface area contributed by atoms with Crippen LogP contribution in [-0.2, 0) is 9.59 Å². The highest BCUT2D eigenvalue weighted by Gasteiger charge is 2.34. The van der Waals surface area contributed by atoms with Gasteiger partial charge in [-0.3, -0.25) is 19.5 Å². The first-order chi connectivity index (χ1) is 15.4. The molecule has 0 spiro atoms. The number of carbonyl (C=O) groups is 2. The lowest BCUT2D eigenvalue weighted by atomic mass is 10.2. The monoisotopic (exact) mass is 450 g/mol. The minimum atomic E-state index is -0.270. The summed E-state index contributed by atoms with van der Waals surface area (Å²) in [5.74, 6) is 0.535. The van der Waals surface area contributed by atoms with Crippen LogP contribution in [0.15, 0.2) is 60.8 Å². The summed E-state index contributed by atoms with van der Waals surface area (Å²) < 4.78 is 1.81. The Morgan fingerprint density at radius 1 is 1.16 bits per heavy atom. The predicted octanol–water partition coefficient (Wildman–Crippen LogP) is 5.03. The zero-order valence-corrected chi connectivity index (χ0v) is 19.0. The van der Waals surface area contributed by atoms with Crippen molar-refractivity contribution in [2.75, 3.05) is 18.4 Å². The Kier molecular flexibility index (Phi) is 6.61. The van der Waals surface area contributed by atoms with Gasteiger partial charge in [-0.15, -0.1) is 0 Å². The predicted molar refractivity (Wildman–Crippen MR) is 127 cm³/mol. The molecule has 1 saturated carbocycles. The fraction of sp³-hybridized carbons (Fsp3) is 0.320. The molecule has 0 radical (unpaired) electrons. The van der Waals surface area contributed by atoms with Gasteiger partial charge in [0.2, 0.25) is 17.8 Å². The molecule has 6 nitrogen and oxygen atoms in total. The minimum Gasteiger partial charge on any atom is -0.333 e. The first-order valence-corrected chi connectivity index (χ1v) is 11.3. The normalized spacial score (nSPS) is 13.2. The third kappa shape index (κ3) is 5.37. The number of amides is 2. The van der Waals surface area contributed by atoms with E-state index in [1.807, 2.05) is 73.1 Å². The van der Waals surface area contributed by atoms with Crippen molar-refractivity contribution in [3.05, 3.63) is 65.8 Å². The molecule has 0 aliphatic heterocycles. The van der Waals surface area contributed by atoms with E-state index in [0.29, 0.717) is 17.5 Å². The third-order valence-electron chi connectivity index (χ3n) is 5.27. The number of benzene rings is 2. The van der Waals surface area contributed by atoms with Gasteiger partial charge >= 0.3 is 0 Å². The van der Waals surface area contributed by atoms with Gasteiger partial charge in [0.05, 0.1) is 12.2 Å². The molecule has 2 aromatic carbocycles. The van der Waals surface area contributed by atoms with Gasteiger partial charge in [-0.05, 0) is 37.0 Å². The van der Waals surface area contributed by atoms with Crippen molar-refractivity contribution in [1.82, 2.24) is 14.5 Å². The fourth-order valence-corrected chi connectivity index (χ4v) is 3.82. The maximum Gasteiger partial charge on any atom is 0.246 e. The molecular formula is C25H27ClN4O2. The molecule has 3 aromatic rings. The molecule has 1 aliphatic carbocycles. The molecule has 7 heteroatoms. The molecule has 32 heavy (non-hydrogen) atoms. The number of halogens is 1. The Labute approximate surface area is 193 Å². The van der Waals surface area contributed by atoms with Gasteiger partial charge in [0, 0.05) is 34.9 Å². The molecule has 0 saturated heterocycles. The molecule has 0 bridgehead atoms. The summed E-state index contributed by atoms with van der Waals surface area (Å²) in [4.78, 5) is 32.0. The number of aromatic nitrogens is 2. The van der Waals surface area contributed by atoms with Gasteiger partial charge in [-0.2, -0.15) is 0 Å². The average Bonchev–Trinajstić information content (AvgIpc) is 3.53. The van der Waals surface area contributed by atoms with Crippen LogP contribution in [0.1, 0.15) is 26.7 Å². The highest BCUT2D eigenvalue weighted by molar-refractivity contribution is 6.30. The molecule has 166 valence electrons. The van der Waals surface area contributed by atoms with Crippen LogP contribution in [0.5, 0.6) is 0 Å². The van der Waals surface area contributed by atoms with Crippen LogP contribution in [0.2, 0.25) is 5.02 Å². The molecule has 1 fully saturated rings. The van der Waals surface area contributed by atoms with Crippen molar-refractivity contribution in [2.45, 2.75) is 26.7 Å². The molecule has 2 amide bonds. The largest absolute Gasteiger partial charge is 0.333 e.